The fourth-order valence-corrected chi connectivity index (χ4v) is 3.96. The zero-order chi connectivity index (χ0) is 16.5. The number of hydrogen-bond acceptors (Lipinski definition) is 4. The Balaban J connectivity index is 1.38. The Kier molecular flexibility index (Phi) is 4.57. The Morgan fingerprint density at radius 3 is 2.83 bits per heavy atom. The lowest BCUT2D eigenvalue weighted by Gasteiger charge is -2.32. The van der Waals surface area contributed by atoms with E-state index in [-0.39, 0.29) is 0 Å². The molecular formula is C18H24ClN5. The number of rotatable bonds is 3. The van der Waals surface area contributed by atoms with E-state index >= 15 is 0 Å². The van der Waals surface area contributed by atoms with Gasteiger partial charge >= 0.3 is 0 Å². The zero-order valence-electron chi connectivity index (χ0n) is 14.1. The van der Waals surface area contributed by atoms with Crippen molar-refractivity contribution in [3.8, 4) is 0 Å². The van der Waals surface area contributed by atoms with Crippen molar-refractivity contribution >= 4 is 11.6 Å². The first-order valence-corrected chi connectivity index (χ1v) is 9.18. The summed E-state index contributed by atoms with van der Waals surface area (Å²) in [6.07, 6.45) is 2.32. The molecule has 0 aliphatic carbocycles. The van der Waals surface area contributed by atoms with E-state index in [0.717, 1.165) is 68.5 Å². The molecule has 0 bridgehead atoms. The van der Waals surface area contributed by atoms with Crippen LogP contribution in [-0.2, 0) is 19.6 Å². The highest BCUT2D eigenvalue weighted by atomic mass is 35.5. The minimum absolute atomic E-state index is 0.544. The highest BCUT2D eigenvalue weighted by Gasteiger charge is 2.26. The van der Waals surface area contributed by atoms with Gasteiger partial charge in [0.05, 0.1) is 6.54 Å². The topological polar surface area (TPSA) is 46.0 Å². The van der Waals surface area contributed by atoms with Gasteiger partial charge in [-0.05, 0) is 50.0 Å². The second-order valence-corrected chi connectivity index (χ2v) is 7.34. The molecule has 0 spiro atoms. The highest BCUT2D eigenvalue weighted by Crippen LogP contribution is 2.29. The SMILES string of the molecule is Cc1ccc(CN2CCC(c3nnc4n3CCNC4)CC2)cc1Cl. The number of halogens is 1. The summed E-state index contributed by atoms with van der Waals surface area (Å²) >= 11 is 6.25. The van der Waals surface area contributed by atoms with Crippen LogP contribution in [0.3, 0.4) is 0 Å². The van der Waals surface area contributed by atoms with Crippen molar-refractivity contribution in [2.75, 3.05) is 19.6 Å². The van der Waals surface area contributed by atoms with E-state index in [0.29, 0.717) is 5.92 Å². The molecule has 1 N–H and O–H groups in total. The summed E-state index contributed by atoms with van der Waals surface area (Å²) in [7, 11) is 0. The lowest BCUT2D eigenvalue weighted by molar-refractivity contribution is 0.199. The maximum Gasteiger partial charge on any atom is 0.147 e. The number of nitrogens with zero attached hydrogens (tertiary/aromatic N) is 4. The minimum atomic E-state index is 0.544. The summed E-state index contributed by atoms with van der Waals surface area (Å²) in [5.41, 5.74) is 2.44. The predicted octanol–water partition coefficient (Wildman–Crippen LogP) is 2.72. The van der Waals surface area contributed by atoms with Crippen LogP contribution >= 0.6 is 11.6 Å². The first-order valence-electron chi connectivity index (χ1n) is 8.81. The van der Waals surface area contributed by atoms with E-state index in [4.69, 9.17) is 11.6 Å². The monoisotopic (exact) mass is 345 g/mol. The van der Waals surface area contributed by atoms with Gasteiger partial charge in [0.1, 0.15) is 11.6 Å². The molecule has 5 nitrogen and oxygen atoms in total. The fraction of sp³-hybridized carbons (Fsp3) is 0.556. The summed E-state index contributed by atoms with van der Waals surface area (Å²) < 4.78 is 2.33. The number of aromatic nitrogens is 3. The molecule has 3 heterocycles. The molecule has 0 atom stereocenters. The maximum absolute atomic E-state index is 6.25. The molecule has 0 unspecified atom stereocenters. The number of nitrogens with one attached hydrogen (secondary N) is 1. The fourth-order valence-electron chi connectivity index (χ4n) is 3.76. The molecule has 24 heavy (non-hydrogen) atoms. The Morgan fingerprint density at radius 1 is 1.21 bits per heavy atom. The number of aryl methyl sites for hydroxylation is 1. The van der Waals surface area contributed by atoms with Crippen LogP contribution in [0.15, 0.2) is 18.2 Å². The van der Waals surface area contributed by atoms with Crippen LogP contribution in [0.5, 0.6) is 0 Å². The largest absolute Gasteiger partial charge is 0.312 e. The molecule has 128 valence electrons. The molecule has 0 amide bonds. The van der Waals surface area contributed by atoms with Gasteiger partial charge in [-0.1, -0.05) is 23.7 Å². The van der Waals surface area contributed by atoms with Gasteiger partial charge in [0.15, 0.2) is 0 Å². The molecule has 0 saturated carbocycles. The van der Waals surface area contributed by atoms with Crippen molar-refractivity contribution in [1.29, 1.82) is 0 Å². The van der Waals surface area contributed by atoms with Gasteiger partial charge in [0, 0.05) is 30.6 Å². The van der Waals surface area contributed by atoms with E-state index in [1.54, 1.807) is 0 Å². The third kappa shape index (κ3) is 3.21. The molecule has 0 radical (unpaired) electrons. The minimum Gasteiger partial charge on any atom is -0.312 e. The molecule has 2 aromatic rings. The Morgan fingerprint density at radius 2 is 2.04 bits per heavy atom. The molecule has 1 aromatic carbocycles. The Hall–Kier alpha value is -1.43. The summed E-state index contributed by atoms with van der Waals surface area (Å²) in [5.74, 6) is 2.83. The molecule has 4 rings (SSSR count). The van der Waals surface area contributed by atoms with Crippen molar-refractivity contribution in [2.45, 2.75) is 45.3 Å². The van der Waals surface area contributed by atoms with Crippen molar-refractivity contribution in [1.82, 2.24) is 25.0 Å². The summed E-state index contributed by atoms with van der Waals surface area (Å²) in [6, 6.07) is 6.40. The van der Waals surface area contributed by atoms with Crippen LogP contribution in [-0.4, -0.2) is 39.3 Å². The lowest BCUT2D eigenvalue weighted by atomic mass is 9.95. The first-order chi connectivity index (χ1) is 11.7. The van der Waals surface area contributed by atoms with E-state index in [9.17, 15) is 0 Å². The van der Waals surface area contributed by atoms with Gasteiger partial charge in [0.2, 0.25) is 0 Å². The van der Waals surface area contributed by atoms with Crippen LogP contribution in [0.4, 0.5) is 0 Å². The summed E-state index contributed by atoms with van der Waals surface area (Å²) in [5, 5.41) is 13.1. The summed E-state index contributed by atoms with van der Waals surface area (Å²) in [6.45, 7) is 8.11. The molecule has 6 heteroatoms. The number of piperidine rings is 1. The average Bonchev–Trinajstić information content (AvgIpc) is 3.03. The molecule has 1 saturated heterocycles. The molecule has 2 aliphatic rings. The normalized spacial score (nSPS) is 19.4. The third-order valence-corrected chi connectivity index (χ3v) is 5.65. The van der Waals surface area contributed by atoms with E-state index in [2.05, 4.69) is 43.2 Å². The van der Waals surface area contributed by atoms with Crippen molar-refractivity contribution in [3.63, 3.8) is 0 Å². The number of likely N-dealkylation sites (tertiary alicyclic amines) is 1. The molecule has 1 aromatic heterocycles. The Bertz CT molecular complexity index is 718. The zero-order valence-corrected chi connectivity index (χ0v) is 14.9. The van der Waals surface area contributed by atoms with Gasteiger partial charge < -0.3 is 9.88 Å². The number of hydrogen-bond donors (Lipinski definition) is 1. The van der Waals surface area contributed by atoms with Crippen LogP contribution < -0.4 is 5.32 Å². The van der Waals surface area contributed by atoms with Gasteiger partial charge in [0.25, 0.3) is 0 Å². The van der Waals surface area contributed by atoms with Crippen LogP contribution in [0.25, 0.3) is 0 Å². The molecule has 1 fully saturated rings. The van der Waals surface area contributed by atoms with Crippen molar-refractivity contribution in [2.24, 2.45) is 0 Å². The third-order valence-electron chi connectivity index (χ3n) is 5.25. The van der Waals surface area contributed by atoms with Crippen LogP contribution in [0.1, 0.15) is 41.5 Å². The van der Waals surface area contributed by atoms with Crippen LogP contribution in [0, 0.1) is 6.92 Å². The predicted molar refractivity (Wildman–Crippen MR) is 95.2 cm³/mol. The second-order valence-electron chi connectivity index (χ2n) is 6.94. The first kappa shape index (κ1) is 16.1. The number of fused-ring (bicyclic) bond motifs is 1. The summed E-state index contributed by atoms with van der Waals surface area (Å²) in [4.78, 5) is 2.52. The van der Waals surface area contributed by atoms with E-state index < -0.39 is 0 Å². The highest BCUT2D eigenvalue weighted by molar-refractivity contribution is 6.31. The second kappa shape index (κ2) is 6.82. The van der Waals surface area contributed by atoms with Gasteiger partial charge in [-0.25, -0.2) is 0 Å². The van der Waals surface area contributed by atoms with E-state index in [1.807, 2.05) is 6.92 Å². The maximum atomic E-state index is 6.25. The number of benzene rings is 1. The standard InChI is InChI=1S/C18H24ClN5/c1-13-2-3-14(10-16(13)19)12-23-7-4-15(5-8-23)18-22-21-17-11-20-6-9-24(17)18/h2-3,10,15,20H,4-9,11-12H2,1H3. The average molecular weight is 346 g/mol. The van der Waals surface area contributed by atoms with Gasteiger partial charge in [-0.15, -0.1) is 10.2 Å². The molecular weight excluding hydrogens is 322 g/mol. The quantitative estimate of drug-likeness (QED) is 0.929. The van der Waals surface area contributed by atoms with E-state index in [1.165, 1.54) is 11.4 Å². The van der Waals surface area contributed by atoms with Crippen LogP contribution in [0.2, 0.25) is 5.02 Å². The van der Waals surface area contributed by atoms with Crippen molar-refractivity contribution < 1.29 is 0 Å². The Labute approximate surface area is 148 Å². The molecule has 2 aliphatic heterocycles. The smallest absolute Gasteiger partial charge is 0.147 e. The lowest BCUT2D eigenvalue weighted by Crippen LogP contribution is -2.34. The van der Waals surface area contributed by atoms with Crippen molar-refractivity contribution in [3.05, 3.63) is 46.0 Å². The van der Waals surface area contributed by atoms with Gasteiger partial charge in [-0.2, -0.15) is 0 Å². The van der Waals surface area contributed by atoms with Gasteiger partial charge in [-0.3, -0.25) is 4.90 Å².